The van der Waals surface area contributed by atoms with Crippen LogP contribution in [0.5, 0.6) is 5.75 Å². The summed E-state index contributed by atoms with van der Waals surface area (Å²) in [7, 11) is 1.81. The number of ether oxygens (including phenoxy) is 1. The molecule has 0 atom stereocenters. The number of rotatable bonds is 6. The maximum atomic E-state index is 13.7. The Labute approximate surface area is 116 Å². The minimum atomic E-state index is -0.695. The second-order valence-electron chi connectivity index (χ2n) is 4.55. The molecule has 0 fully saturated rings. The van der Waals surface area contributed by atoms with Gasteiger partial charge in [0.1, 0.15) is 0 Å². The maximum absolute atomic E-state index is 13.7. The summed E-state index contributed by atoms with van der Waals surface area (Å²) in [5, 5.41) is 4.01. The van der Waals surface area contributed by atoms with Crippen molar-refractivity contribution in [3.8, 4) is 5.75 Å². The molecule has 6 heteroatoms. The van der Waals surface area contributed by atoms with Crippen LogP contribution in [0.25, 0.3) is 0 Å². The summed E-state index contributed by atoms with van der Waals surface area (Å²) in [5.41, 5.74) is 6.84. The molecule has 0 radical (unpaired) electrons. The Hall–Kier alpha value is -1.95. The van der Waals surface area contributed by atoms with E-state index < -0.39 is 11.6 Å². The standard InChI is InChI=1S/C14H17F2N3O/c1-19-9-11(8-18-19)3-5-20-14-12(15)6-10(2-4-17)7-13(14)16/h6-9H,2-5,17H2,1H3. The van der Waals surface area contributed by atoms with E-state index in [0.717, 1.165) is 5.56 Å². The number of halogens is 2. The third kappa shape index (κ3) is 3.54. The lowest BCUT2D eigenvalue weighted by Gasteiger charge is -2.09. The van der Waals surface area contributed by atoms with Gasteiger partial charge in [-0.05, 0) is 36.2 Å². The first kappa shape index (κ1) is 14.5. The smallest absolute Gasteiger partial charge is 0.190 e. The molecule has 108 valence electrons. The Bertz CT molecular complexity index is 561. The average Bonchev–Trinajstić information content (AvgIpc) is 2.79. The molecule has 0 saturated heterocycles. The molecule has 0 amide bonds. The van der Waals surface area contributed by atoms with Crippen molar-refractivity contribution in [1.29, 1.82) is 0 Å². The van der Waals surface area contributed by atoms with Gasteiger partial charge in [0, 0.05) is 19.7 Å². The quantitative estimate of drug-likeness (QED) is 0.878. The highest BCUT2D eigenvalue weighted by molar-refractivity contribution is 5.31. The van der Waals surface area contributed by atoms with Crippen molar-refractivity contribution in [2.75, 3.05) is 13.2 Å². The van der Waals surface area contributed by atoms with Crippen molar-refractivity contribution in [2.45, 2.75) is 12.8 Å². The summed E-state index contributed by atoms with van der Waals surface area (Å²) >= 11 is 0. The molecule has 1 aromatic heterocycles. The van der Waals surface area contributed by atoms with E-state index in [2.05, 4.69) is 5.10 Å². The number of aryl methyl sites for hydroxylation is 1. The van der Waals surface area contributed by atoms with Crippen molar-refractivity contribution in [2.24, 2.45) is 12.8 Å². The molecule has 20 heavy (non-hydrogen) atoms. The first-order valence-electron chi connectivity index (χ1n) is 6.38. The van der Waals surface area contributed by atoms with Crippen LogP contribution in [-0.4, -0.2) is 22.9 Å². The summed E-state index contributed by atoms with van der Waals surface area (Å²) in [6.45, 7) is 0.538. The van der Waals surface area contributed by atoms with Gasteiger partial charge in [-0.3, -0.25) is 4.68 Å². The van der Waals surface area contributed by atoms with Crippen LogP contribution < -0.4 is 10.5 Å². The minimum absolute atomic E-state index is 0.190. The SMILES string of the molecule is Cn1cc(CCOc2c(F)cc(CCN)cc2F)cn1. The highest BCUT2D eigenvalue weighted by atomic mass is 19.1. The van der Waals surface area contributed by atoms with Gasteiger partial charge in [0.2, 0.25) is 0 Å². The number of benzene rings is 1. The van der Waals surface area contributed by atoms with Gasteiger partial charge >= 0.3 is 0 Å². The van der Waals surface area contributed by atoms with E-state index in [1.165, 1.54) is 12.1 Å². The molecular weight excluding hydrogens is 264 g/mol. The highest BCUT2D eigenvalue weighted by Crippen LogP contribution is 2.23. The van der Waals surface area contributed by atoms with Crippen LogP contribution in [0.3, 0.4) is 0 Å². The van der Waals surface area contributed by atoms with E-state index in [9.17, 15) is 8.78 Å². The van der Waals surface area contributed by atoms with E-state index in [-0.39, 0.29) is 12.4 Å². The molecule has 2 aromatic rings. The first-order valence-corrected chi connectivity index (χ1v) is 6.38. The molecule has 0 aliphatic carbocycles. The molecule has 0 bridgehead atoms. The van der Waals surface area contributed by atoms with E-state index in [4.69, 9.17) is 10.5 Å². The molecule has 1 aromatic carbocycles. The average molecular weight is 281 g/mol. The molecule has 0 unspecified atom stereocenters. The molecule has 0 aliphatic rings. The zero-order valence-corrected chi connectivity index (χ0v) is 11.3. The zero-order valence-electron chi connectivity index (χ0n) is 11.3. The van der Waals surface area contributed by atoms with E-state index in [0.29, 0.717) is 24.9 Å². The third-order valence-electron chi connectivity index (χ3n) is 2.89. The van der Waals surface area contributed by atoms with E-state index in [1.807, 2.05) is 6.20 Å². The highest BCUT2D eigenvalue weighted by Gasteiger charge is 2.12. The summed E-state index contributed by atoms with van der Waals surface area (Å²) < 4.78 is 34.3. The first-order chi connectivity index (χ1) is 9.60. The molecule has 2 N–H and O–H groups in total. The van der Waals surface area contributed by atoms with Gasteiger partial charge < -0.3 is 10.5 Å². The predicted molar refractivity (Wildman–Crippen MR) is 71.5 cm³/mol. The summed E-state index contributed by atoms with van der Waals surface area (Å²) in [4.78, 5) is 0. The maximum Gasteiger partial charge on any atom is 0.190 e. The van der Waals surface area contributed by atoms with Gasteiger partial charge in [-0.15, -0.1) is 0 Å². The number of nitrogens with zero attached hydrogens (tertiary/aromatic N) is 2. The molecule has 1 heterocycles. The van der Waals surface area contributed by atoms with Crippen LogP contribution in [0.1, 0.15) is 11.1 Å². The molecular formula is C14H17F2N3O. The summed E-state index contributed by atoms with van der Waals surface area (Å²) in [5.74, 6) is -1.73. The lowest BCUT2D eigenvalue weighted by atomic mass is 10.1. The van der Waals surface area contributed by atoms with Crippen molar-refractivity contribution in [3.63, 3.8) is 0 Å². The van der Waals surface area contributed by atoms with Gasteiger partial charge in [0.05, 0.1) is 12.8 Å². The molecule has 0 spiro atoms. The zero-order chi connectivity index (χ0) is 14.5. The normalized spacial score (nSPS) is 10.8. The van der Waals surface area contributed by atoms with Crippen molar-refractivity contribution < 1.29 is 13.5 Å². The lowest BCUT2D eigenvalue weighted by Crippen LogP contribution is -2.07. The Morgan fingerprint density at radius 3 is 2.45 bits per heavy atom. The van der Waals surface area contributed by atoms with E-state index in [1.54, 1.807) is 17.9 Å². The third-order valence-corrected chi connectivity index (χ3v) is 2.89. The molecule has 0 saturated carbocycles. The Kier molecular flexibility index (Phi) is 4.68. The summed E-state index contributed by atoms with van der Waals surface area (Å²) in [6, 6.07) is 2.52. The Balaban J connectivity index is 1.98. The van der Waals surface area contributed by atoms with Crippen molar-refractivity contribution in [1.82, 2.24) is 9.78 Å². The number of hydrogen-bond donors (Lipinski definition) is 1. The Morgan fingerprint density at radius 1 is 1.20 bits per heavy atom. The topological polar surface area (TPSA) is 53.1 Å². The van der Waals surface area contributed by atoms with Crippen LogP contribution in [0, 0.1) is 11.6 Å². The minimum Gasteiger partial charge on any atom is -0.487 e. The van der Waals surface area contributed by atoms with Crippen LogP contribution in [0.2, 0.25) is 0 Å². The van der Waals surface area contributed by atoms with Gasteiger partial charge in [-0.2, -0.15) is 5.10 Å². The van der Waals surface area contributed by atoms with Crippen molar-refractivity contribution >= 4 is 0 Å². The van der Waals surface area contributed by atoms with Crippen LogP contribution in [0.4, 0.5) is 8.78 Å². The van der Waals surface area contributed by atoms with Crippen LogP contribution in [-0.2, 0) is 19.9 Å². The fraction of sp³-hybridized carbons (Fsp3) is 0.357. The largest absolute Gasteiger partial charge is 0.487 e. The monoisotopic (exact) mass is 281 g/mol. The summed E-state index contributed by atoms with van der Waals surface area (Å²) in [6.07, 6.45) is 4.50. The van der Waals surface area contributed by atoms with Gasteiger partial charge in [-0.25, -0.2) is 8.78 Å². The van der Waals surface area contributed by atoms with Crippen LogP contribution >= 0.6 is 0 Å². The number of hydrogen-bond acceptors (Lipinski definition) is 3. The predicted octanol–water partition coefficient (Wildman–Crippen LogP) is 1.82. The fourth-order valence-corrected chi connectivity index (χ4v) is 1.93. The van der Waals surface area contributed by atoms with Gasteiger partial charge in [0.15, 0.2) is 17.4 Å². The number of aromatic nitrogens is 2. The number of nitrogens with two attached hydrogens (primary N) is 1. The van der Waals surface area contributed by atoms with E-state index >= 15 is 0 Å². The molecule has 2 rings (SSSR count). The fourth-order valence-electron chi connectivity index (χ4n) is 1.93. The molecule has 4 nitrogen and oxygen atoms in total. The van der Waals surface area contributed by atoms with Gasteiger partial charge in [-0.1, -0.05) is 0 Å². The lowest BCUT2D eigenvalue weighted by molar-refractivity contribution is 0.288. The second-order valence-corrected chi connectivity index (χ2v) is 4.55. The van der Waals surface area contributed by atoms with Crippen LogP contribution in [0.15, 0.2) is 24.5 Å². The van der Waals surface area contributed by atoms with Gasteiger partial charge in [0.25, 0.3) is 0 Å². The molecule has 0 aliphatic heterocycles. The Morgan fingerprint density at radius 2 is 1.90 bits per heavy atom. The second kappa shape index (κ2) is 6.47. The van der Waals surface area contributed by atoms with Crippen molar-refractivity contribution in [3.05, 3.63) is 47.3 Å².